The van der Waals surface area contributed by atoms with Gasteiger partial charge in [-0.15, -0.1) is 0 Å². The lowest BCUT2D eigenvalue weighted by molar-refractivity contribution is 0.303. The van der Waals surface area contributed by atoms with Gasteiger partial charge >= 0.3 is 0 Å². The summed E-state index contributed by atoms with van der Waals surface area (Å²) in [5.74, 6) is 6.80. The summed E-state index contributed by atoms with van der Waals surface area (Å²) in [7, 11) is 3.79. The zero-order chi connectivity index (χ0) is 19.7. The molecule has 27 heavy (non-hydrogen) atoms. The zero-order valence-corrected chi connectivity index (χ0v) is 18.0. The van der Waals surface area contributed by atoms with E-state index in [1.807, 2.05) is 43.0 Å². The average Bonchev–Trinajstić information content (AvgIpc) is 2.88. The summed E-state index contributed by atoms with van der Waals surface area (Å²) in [6.07, 6.45) is 0. The first-order valence-corrected chi connectivity index (χ1v) is 9.58. The lowest BCUT2D eigenvalue weighted by Gasteiger charge is -2.19. The standard InChI is InChI=1S/C21H25BrN4O/c1-13-11-16(21-14(2)15(3)26(5)24-21)9-10-20(13)27-12-17-18(22)7-6-8-19(17)25(4)23/h6-11H,12,23H2,1-5H3. The number of hydrogen-bond acceptors (Lipinski definition) is 4. The van der Waals surface area contributed by atoms with Gasteiger partial charge in [0, 0.05) is 35.4 Å². The highest BCUT2D eigenvalue weighted by Crippen LogP contribution is 2.31. The topological polar surface area (TPSA) is 56.3 Å². The number of hydrazine groups is 1. The molecule has 6 heteroatoms. The maximum Gasteiger partial charge on any atom is 0.122 e. The van der Waals surface area contributed by atoms with Crippen LogP contribution in [0.1, 0.15) is 22.4 Å². The van der Waals surface area contributed by atoms with Crippen LogP contribution in [0, 0.1) is 20.8 Å². The number of nitrogens with two attached hydrogens (primary N) is 1. The summed E-state index contributed by atoms with van der Waals surface area (Å²) >= 11 is 3.59. The normalized spacial score (nSPS) is 10.9. The molecule has 142 valence electrons. The quantitative estimate of drug-likeness (QED) is 0.473. The van der Waals surface area contributed by atoms with Crippen LogP contribution < -0.4 is 15.6 Å². The van der Waals surface area contributed by atoms with Crippen LogP contribution >= 0.6 is 15.9 Å². The predicted molar refractivity (Wildman–Crippen MR) is 114 cm³/mol. The second-order valence-corrected chi connectivity index (χ2v) is 7.65. The van der Waals surface area contributed by atoms with Crippen molar-refractivity contribution in [2.24, 2.45) is 12.9 Å². The molecular weight excluding hydrogens is 404 g/mol. The van der Waals surface area contributed by atoms with E-state index in [1.165, 1.54) is 11.3 Å². The molecule has 0 aliphatic rings. The number of aromatic nitrogens is 2. The fourth-order valence-corrected chi connectivity index (χ4v) is 3.59. The van der Waals surface area contributed by atoms with Crippen LogP contribution in [-0.2, 0) is 13.7 Å². The van der Waals surface area contributed by atoms with Crippen molar-refractivity contribution in [3.05, 3.63) is 63.3 Å². The third kappa shape index (κ3) is 3.87. The highest BCUT2D eigenvalue weighted by molar-refractivity contribution is 9.10. The lowest BCUT2D eigenvalue weighted by Crippen LogP contribution is -2.26. The van der Waals surface area contributed by atoms with Crippen molar-refractivity contribution < 1.29 is 4.74 Å². The van der Waals surface area contributed by atoms with Crippen LogP contribution in [0.2, 0.25) is 0 Å². The molecule has 3 rings (SSSR count). The van der Waals surface area contributed by atoms with E-state index in [-0.39, 0.29) is 0 Å². The first-order valence-electron chi connectivity index (χ1n) is 8.79. The van der Waals surface area contributed by atoms with Gasteiger partial charge in [-0.25, -0.2) is 5.84 Å². The Morgan fingerprint density at radius 2 is 1.93 bits per heavy atom. The van der Waals surface area contributed by atoms with Gasteiger partial charge in [-0.1, -0.05) is 22.0 Å². The van der Waals surface area contributed by atoms with Gasteiger partial charge in [-0.2, -0.15) is 5.10 Å². The molecule has 2 aromatic carbocycles. The molecule has 0 saturated carbocycles. The minimum absolute atomic E-state index is 0.431. The van der Waals surface area contributed by atoms with Gasteiger partial charge in [0.15, 0.2) is 0 Å². The number of ether oxygens (including phenoxy) is 1. The molecule has 0 radical (unpaired) electrons. The predicted octanol–water partition coefficient (Wildman–Crippen LogP) is 4.66. The van der Waals surface area contributed by atoms with E-state index >= 15 is 0 Å². The van der Waals surface area contributed by atoms with Gasteiger partial charge in [0.2, 0.25) is 0 Å². The Morgan fingerprint density at radius 3 is 2.52 bits per heavy atom. The van der Waals surface area contributed by atoms with Crippen molar-refractivity contribution in [2.45, 2.75) is 27.4 Å². The summed E-state index contributed by atoms with van der Waals surface area (Å²) in [5.41, 5.74) is 7.52. The highest BCUT2D eigenvalue weighted by Gasteiger charge is 2.14. The number of benzene rings is 2. The van der Waals surface area contributed by atoms with Crippen LogP contribution in [0.5, 0.6) is 5.75 Å². The molecule has 0 aliphatic carbocycles. The van der Waals surface area contributed by atoms with Crippen LogP contribution in [-0.4, -0.2) is 16.8 Å². The van der Waals surface area contributed by atoms with Crippen molar-refractivity contribution in [1.29, 1.82) is 0 Å². The first-order chi connectivity index (χ1) is 12.8. The Balaban J connectivity index is 1.85. The fraction of sp³-hybridized carbons (Fsp3) is 0.286. The number of rotatable bonds is 5. The van der Waals surface area contributed by atoms with Crippen LogP contribution in [0.15, 0.2) is 40.9 Å². The Morgan fingerprint density at radius 1 is 1.19 bits per heavy atom. The van der Waals surface area contributed by atoms with Gasteiger partial charge in [0.25, 0.3) is 0 Å². The summed E-state index contributed by atoms with van der Waals surface area (Å²) in [5, 5.41) is 6.24. The number of hydrogen-bond donors (Lipinski definition) is 1. The minimum Gasteiger partial charge on any atom is -0.489 e. The Hall–Kier alpha value is -2.31. The van der Waals surface area contributed by atoms with Gasteiger partial charge in [-0.3, -0.25) is 4.68 Å². The second kappa shape index (κ2) is 7.74. The van der Waals surface area contributed by atoms with Gasteiger partial charge in [0.05, 0.1) is 11.4 Å². The lowest BCUT2D eigenvalue weighted by atomic mass is 10.0. The van der Waals surface area contributed by atoms with E-state index in [1.54, 1.807) is 5.01 Å². The maximum atomic E-state index is 6.11. The first kappa shape index (κ1) is 19.5. The minimum atomic E-state index is 0.431. The number of halogens is 1. The molecule has 0 bridgehead atoms. The van der Waals surface area contributed by atoms with Crippen molar-refractivity contribution >= 4 is 21.6 Å². The van der Waals surface area contributed by atoms with Gasteiger partial charge < -0.3 is 9.75 Å². The van der Waals surface area contributed by atoms with Crippen molar-refractivity contribution in [2.75, 3.05) is 12.1 Å². The Labute approximate surface area is 168 Å². The summed E-state index contributed by atoms with van der Waals surface area (Å²) in [4.78, 5) is 0. The van der Waals surface area contributed by atoms with E-state index in [2.05, 4.69) is 53.9 Å². The number of nitrogens with zero attached hydrogens (tertiary/aromatic N) is 3. The summed E-state index contributed by atoms with van der Waals surface area (Å²) in [6, 6.07) is 12.1. The van der Waals surface area contributed by atoms with Crippen LogP contribution in [0.4, 0.5) is 5.69 Å². The molecule has 0 saturated heterocycles. The third-order valence-corrected chi connectivity index (χ3v) is 5.67. The molecule has 1 heterocycles. The SMILES string of the molecule is Cc1cc(-c2nn(C)c(C)c2C)ccc1OCc1c(Br)cccc1N(C)N. The average molecular weight is 429 g/mol. The molecule has 1 aromatic heterocycles. The molecule has 0 unspecified atom stereocenters. The van der Waals surface area contributed by atoms with Crippen molar-refractivity contribution in [1.82, 2.24) is 9.78 Å². The van der Waals surface area contributed by atoms with E-state index in [0.717, 1.165) is 38.3 Å². The molecule has 0 fully saturated rings. The number of aryl methyl sites for hydroxylation is 2. The summed E-state index contributed by atoms with van der Waals surface area (Å²) in [6.45, 7) is 6.68. The highest BCUT2D eigenvalue weighted by atomic mass is 79.9. The molecular formula is C21H25BrN4O. The molecule has 2 N–H and O–H groups in total. The van der Waals surface area contributed by atoms with E-state index < -0.39 is 0 Å². The number of anilines is 1. The second-order valence-electron chi connectivity index (χ2n) is 6.80. The maximum absolute atomic E-state index is 6.11. The molecule has 3 aromatic rings. The molecule has 0 aliphatic heterocycles. The summed E-state index contributed by atoms with van der Waals surface area (Å²) < 4.78 is 9.00. The fourth-order valence-electron chi connectivity index (χ4n) is 3.12. The van der Waals surface area contributed by atoms with Gasteiger partial charge in [-0.05, 0) is 62.2 Å². The van der Waals surface area contributed by atoms with E-state index in [0.29, 0.717) is 6.61 Å². The smallest absolute Gasteiger partial charge is 0.122 e. The van der Waals surface area contributed by atoms with Crippen LogP contribution in [0.3, 0.4) is 0 Å². The molecule has 0 spiro atoms. The Kier molecular flexibility index (Phi) is 5.58. The zero-order valence-electron chi connectivity index (χ0n) is 16.4. The third-order valence-electron chi connectivity index (χ3n) is 4.93. The molecule has 0 amide bonds. The molecule has 0 atom stereocenters. The largest absolute Gasteiger partial charge is 0.489 e. The monoisotopic (exact) mass is 428 g/mol. The van der Waals surface area contributed by atoms with Crippen LogP contribution in [0.25, 0.3) is 11.3 Å². The van der Waals surface area contributed by atoms with Gasteiger partial charge in [0.1, 0.15) is 12.4 Å². The van der Waals surface area contributed by atoms with Crippen molar-refractivity contribution in [3.8, 4) is 17.0 Å². The molecule has 5 nitrogen and oxygen atoms in total. The Bertz CT molecular complexity index is 979. The van der Waals surface area contributed by atoms with E-state index in [9.17, 15) is 0 Å². The van der Waals surface area contributed by atoms with E-state index in [4.69, 9.17) is 10.6 Å². The van der Waals surface area contributed by atoms with Crippen molar-refractivity contribution in [3.63, 3.8) is 0 Å².